The molecule has 3 nitrogen and oxygen atoms in total. The van der Waals surface area contributed by atoms with E-state index in [0.29, 0.717) is 0 Å². The summed E-state index contributed by atoms with van der Waals surface area (Å²) in [6, 6.07) is 30.1. The van der Waals surface area contributed by atoms with E-state index in [4.69, 9.17) is 0 Å². The first-order valence-electron chi connectivity index (χ1n) is 10.7. The maximum atomic E-state index is 11.5. The monoisotopic (exact) mass is 423 g/mol. The molecule has 0 unspecified atom stereocenters. The Morgan fingerprint density at radius 2 is 0.750 bits per heavy atom. The Morgan fingerprint density at radius 3 is 1.12 bits per heavy atom. The van der Waals surface area contributed by atoms with Crippen LogP contribution in [0.5, 0.6) is 17.2 Å². The summed E-state index contributed by atoms with van der Waals surface area (Å²) >= 11 is 0. The number of hydrogen-bond acceptors (Lipinski definition) is 3. The minimum Gasteiger partial charge on any atom is -0.872 e. The Kier molecular flexibility index (Phi) is 5.43. The van der Waals surface area contributed by atoms with Crippen LogP contribution in [0.3, 0.4) is 0 Å². The van der Waals surface area contributed by atoms with Crippen molar-refractivity contribution in [2.24, 2.45) is 0 Å². The fourth-order valence-corrected chi connectivity index (χ4v) is 4.35. The van der Waals surface area contributed by atoms with Gasteiger partial charge in [-0.25, -0.2) is 0 Å². The predicted molar refractivity (Wildman–Crippen MR) is 126 cm³/mol. The highest BCUT2D eigenvalue weighted by Crippen LogP contribution is 2.41. The van der Waals surface area contributed by atoms with Gasteiger partial charge in [0, 0.05) is 10.8 Å². The van der Waals surface area contributed by atoms with Gasteiger partial charge in [0.25, 0.3) is 0 Å². The highest BCUT2D eigenvalue weighted by molar-refractivity contribution is 5.52. The number of hydrogen-bond donors (Lipinski definition) is 2. The van der Waals surface area contributed by atoms with Gasteiger partial charge in [0.15, 0.2) is 0 Å². The van der Waals surface area contributed by atoms with Gasteiger partial charge in [-0.1, -0.05) is 86.6 Å². The van der Waals surface area contributed by atoms with Gasteiger partial charge in [-0.05, 0) is 59.0 Å². The Hall–Kier alpha value is -3.72. The molecule has 0 saturated carbocycles. The first-order chi connectivity index (χ1) is 15.2. The standard InChI is InChI=1S/C29H28O3/c1-28(2,21-8-14-25(30)15-9-21)20-4-6-22(7-5-20)29(3,23-10-16-26(31)17-11-23)24-12-18-27(32)19-13-24/h4-19,30-32H,1-3H3/p-1. The van der Waals surface area contributed by atoms with E-state index >= 15 is 0 Å². The molecular formula is C29H27O3-. The number of rotatable bonds is 5. The summed E-state index contributed by atoms with van der Waals surface area (Å²) in [6.45, 7) is 6.46. The van der Waals surface area contributed by atoms with Crippen molar-refractivity contribution in [1.29, 1.82) is 0 Å². The van der Waals surface area contributed by atoms with E-state index in [0.717, 1.165) is 27.8 Å². The molecule has 4 aromatic rings. The maximum absolute atomic E-state index is 11.5. The molecule has 2 N–H and O–H groups in total. The molecule has 0 amide bonds. The van der Waals surface area contributed by atoms with Crippen LogP contribution in [-0.2, 0) is 10.8 Å². The van der Waals surface area contributed by atoms with Crippen molar-refractivity contribution in [2.45, 2.75) is 31.6 Å². The smallest absolute Gasteiger partial charge is 0.115 e. The lowest BCUT2D eigenvalue weighted by molar-refractivity contribution is -0.268. The van der Waals surface area contributed by atoms with Crippen molar-refractivity contribution < 1.29 is 15.3 Å². The molecule has 0 spiro atoms. The van der Waals surface area contributed by atoms with Gasteiger partial charge in [-0.2, -0.15) is 0 Å². The predicted octanol–water partition coefficient (Wildman–Crippen LogP) is 5.85. The molecule has 32 heavy (non-hydrogen) atoms. The number of phenols is 2. The summed E-state index contributed by atoms with van der Waals surface area (Å²) in [5, 5.41) is 31.1. The highest BCUT2D eigenvalue weighted by atomic mass is 16.3. The van der Waals surface area contributed by atoms with E-state index in [9.17, 15) is 15.3 Å². The molecule has 0 aliphatic carbocycles. The molecule has 3 heteroatoms. The molecule has 0 saturated heterocycles. The van der Waals surface area contributed by atoms with Gasteiger partial charge in [0.05, 0.1) is 0 Å². The Bertz CT molecular complexity index is 1140. The summed E-state index contributed by atoms with van der Waals surface area (Å²) in [7, 11) is 0. The van der Waals surface area contributed by atoms with E-state index < -0.39 is 5.41 Å². The van der Waals surface area contributed by atoms with Crippen LogP contribution in [0.15, 0.2) is 97.1 Å². The normalized spacial score (nSPS) is 12.0. The van der Waals surface area contributed by atoms with Crippen molar-refractivity contribution in [1.82, 2.24) is 0 Å². The second-order valence-electron chi connectivity index (χ2n) is 8.95. The number of benzene rings is 4. The minimum absolute atomic E-state index is 0.0125. The van der Waals surface area contributed by atoms with Gasteiger partial charge in [0.1, 0.15) is 11.5 Å². The molecule has 4 rings (SSSR count). The summed E-state index contributed by atoms with van der Waals surface area (Å²) in [6.07, 6.45) is 0. The average Bonchev–Trinajstić information content (AvgIpc) is 2.80. The van der Waals surface area contributed by atoms with Crippen LogP contribution < -0.4 is 5.11 Å². The van der Waals surface area contributed by atoms with Gasteiger partial charge >= 0.3 is 0 Å². The molecule has 0 aliphatic heterocycles. The largest absolute Gasteiger partial charge is 0.872 e. The molecule has 4 aromatic carbocycles. The first kappa shape index (κ1) is 21.5. The lowest BCUT2D eigenvalue weighted by atomic mass is 9.70. The van der Waals surface area contributed by atoms with Crippen LogP contribution in [0.2, 0.25) is 0 Å². The Labute approximate surface area is 189 Å². The highest BCUT2D eigenvalue weighted by Gasteiger charge is 2.32. The minimum atomic E-state index is -0.478. The van der Waals surface area contributed by atoms with Gasteiger partial charge in [-0.3, -0.25) is 0 Å². The van der Waals surface area contributed by atoms with Crippen LogP contribution in [0.25, 0.3) is 0 Å². The lowest BCUT2D eigenvalue weighted by Crippen LogP contribution is -2.26. The third-order valence-corrected chi connectivity index (χ3v) is 6.65. The van der Waals surface area contributed by atoms with Crippen molar-refractivity contribution in [2.75, 3.05) is 0 Å². The van der Waals surface area contributed by atoms with Crippen LogP contribution >= 0.6 is 0 Å². The summed E-state index contributed by atoms with van der Waals surface area (Å²) in [5.41, 5.74) is 4.69. The summed E-state index contributed by atoms with van der Waals surface area (Å²) in [5.74, 6) is 0.462. The molecule has 0 aliphatic rings. The molecule has 162 valence electrons. The van der Waals surface area contributed by atoms with E-state index in [1.165, 1.54) is 0 Å². The molecule has 0 bridgehead atoms. The Balaban J connectivity index is 1.79. The molecular weight excluding hydrogens is 396 g/mol. The first-order valence-corrected chi connectivity index (χ1v) is 10.7. The lowest BCUT2D eigenvalue weighted by Gasteiger charge is -2.33. The number of aromatic hydroxyl groups is 2. The van der Waals surface area contributed by atoms with Crippen molar-refractivity contribution in [3.8, 4) is 17.2 Å². The van der Waals surface area contributed by atoms with Crippen LogP contribution in [0.1, 0.15) is 48.6 Å². The molecule has 0 heterocycles. The zero-order valence-corrected chi connectivity index (χ0v) is 18.5. The number of phenolic OH excluding ortho intramolecular Hbond substituents is 2. The van der Waals surface area contributed by atoms with Crippen molar-refractivity contribution in [3.05, 3.63) is 125 Å². The summed E-state index contributed by atoms with van der Waals surface area (Å²) in [4.78, 5) is 0. The van der Waals surface area contributed by atoms with Gasteiger partial charge in [0.2, 0.25) is 0 Å². The Morgan fingerprint density at radius 1 is 0.469 bits per heavy atom. The van der Waals surface area contributed by atoms with E-state index in [-0.39, 0.29) is 22.7 Å². The average molecular weight is 424 g/mol. The van der Waals surface area contributed by atoms with Gasteiger partial charge < -0.3 is 15.3 Å². The second kappa shape index (κ2) is 8.08. The van der Waals surface area contributed by atoms with Gasteiger partial charge in [-0.15, -0.1) is 5.75 Å². The zero-order valence-electron chi connectivity index (χ0n) is 18.5. The quantitative estimate of drug-likeness (QED) is 0.396. The van der Waals surface area contributed by atoms with Crippen LogP contribution in [0.4, 0.5) is 0 Å². The topological polar surface area (TPSA) is 63.5 Å². The third kappa shape index (κ3) is 3.82. The molecule has 0 aromatic heterocycles. The fourth-order valence-electron chi connectivity index (χ4n) is 4.35. The zero-order chi connectivity index (χ0) is 22.9. The van der Waals surface area contributed by atoms with E-state index in [1.807, 2.05) is 36.4 Å². The van der Waals surface area contributed by atoms with Crippen molar-refractivity contribution in [3.63, 3.8) is 0 Å². The molecule has 0 radical (unpaired) electrons. The van der Waals surface area contributed by atoms with Crippen LogP contribution in [0, 0.1) is 0 Å². The second-order valence-corrected chi connectivity index (χ2v) is 8.95. The van der Waals surface area contributed by atoms with Crippen molar-refractivity contribution >= 4 is 0 Å². The SMILES string of the molecule is CC(C)(c1ccc([O-])cc1)c1ccc(C(C)(c2ccc(O)cc2)c2ccc(O)cc2)cc1. The van der Waals surface area contributed by atoms with E-state index in [1.54, 1.807) is 36.4 Å². The fraction of sp³-hybridized carbons (Fsp3) is 0.172. The molecule has 0 atom stereocenters. The maximum Gasteiger partial charge on any atom is 0.115 e. The molecule has 0 fully saturated rings. The van der Waals surface area contributed by atoms with E-state index in [2.05, 4.69) is 45.0 Å². The third-order valence-electron chi connectivity index (χ3n) is 6.65. The summed E-state index contributed by atoms with van der Waals surface area (Å²) < 4.78 is 0. The van der Waals surface area contributed by atoms with Crippen LogP contribution in [-0.4, -0.2) is 10.2 Å².